The molecule has 4 nitrogen and oxygen atoms in total. The van der Waals surface area contributed by atoms with Gasteiger partial charge in [0.2, 0.25) is 5.91 Å². The second-order valence-corrected chi connectivity index (χ2v) is 6.46. The van der Waals surface area contributed by atoms with E-state index in [4.69, 9.17) is 5.73 Å². The van der Waals surface area contributed by atoms with Crippen molar-refractivity contribution in [2.45, 2.75) is 58.4 Å². The van der Waals surface area contributed by atoms with Crippen molar-refractivity contribution in [1.82, 2.24) is 9.80 Å². The minimum absolute atomic E-state index is 0.240. The predicted molar refractivity (Wildman–Crippen MR) is 82.5 cm³/mol. The zero-order chi connectivity index (χ0) is 14.6. The third-order valence-corrected chi connectivity index (χ3v) is 5.43. The lowest BCUT2D eigenvalue weighted by atomic mass is 9.73. The topological polar surface area (TPSA) is 49.6 Å². The Bertz CT molecular complexity index is 322. The first kappa shape index (κ1) is 15.8. The molecule has 0 radical (unpaired) electrons. The van der Waals surface area contributed by atoms with E-state index in [9.17, 15) is 4.79 Å². The number of carbonyl (C=O) groups excluding carboxylic acids is 1. The van der Waals surface area contributed by atoms with E-state index >= 15 is 0 Å². The number of amides is 1. The van der Waals surface area contributed by atoms with Gasteiger partial charge in [0.15, 0.2) is 0 Å². The van der Waals surface area contributed by atoms with Gasteiger partial charge in [-0.1, -0.05) is 33.1 Å². The Morgan fingerprint density at radius 1 is 1.25 bits per heavy atom. The normalized spacial score (nSPS) is 26.2. The summed E-state index contributed by atoms with van der Waals surface area (Å²) in [4.78, 5) is 17.5. The fourth-order valence-corrected chi connectivity index (χ4v) is 4.03. The number of carbonyl (C=O) groups is 1. The number of hydrogen-bond donors (Lipinski definition) is 1. The summed E-state index contributed by atoms with van der Waals surface area (Å²) >= 11 is 0. The molecule has 116 valence electrons. The lowest BCUT2D eigenvalue weighted by Crippen LogP contribution is -2.49. The lowest BCUT2D eigenvalue weighted by molar-refractivity contribution is -0.142. The van der Waals surface area contributed by atoms with Crippen LogP contribution in [0.4, 0.5) is 0 Å². The highest BCUT2D eigenvalue weighted by Gasteiger charge is 2.43. The standard InChI is InChI=1S/C16H31N3O/c1-3-18(4-2)14-8-11-19(12-14)15(20)16(13-17)9-6-5-7-10-16/h14H,3-13,17H2,1-2H3. The summed E-state index contributed by atoms with van der Waals surface area (Å²) in [6.45, 7) is 8.91. The molecule has 1 heterocycles. The SMILES string of the molecule is CCN(CC)C1CCN(C(=O)C2(CN)CCCCC2)C1. The molecule has 2 aliphatic rings. The minimum Gasteiger partial charge on any atom is -0.341 e. The number of hydrogen-bond acceptors (Lipinski definition) is 3. The summed E-state index contributed by atoms with van der Waals surface area (Å²) in [5, 5.41) is 0. The molecule has 1 saturated carbocycles. The molecular formula is C16H31N3O. The van der Waals surface area contributed by atoms with Gasteiger partial charge in [-0.3, -0.25) is 9.69 Å². The van der Waals surface area contributed by atoms with Crippen molar-refractivity contribution in [3.63, 3.8) is 0 Å². The maximum absolute atomic E-state index is 12.9. The largest absolute Gasteiger partial charge is 0.341 e. The van der Waals surface area contributed by atoms with Crippen molar-refractivity contribution < 1.29 is 4.79 Å². The van der Waals surface area contributed by atoms with Gasteiger partial charge in [0.1, 0.15) is 0 Å². The van der Waals surface area contributed by atoms with Crippen LogP contribution in [0.3, 0.4) is 0 Å². The van der Waals surface area contributed by atoms with E-state index in [1.807, 2.05) is 0 Å². The molecule has 0 bridgehead atoms. The summed E-state index contributed by atoms with van der Waals surface area (Å²) in [6.07, 6.45) is 6.70. The minimum atomic E-state index is -0.240. The third kappa shape index (κ3) is 3.01. The second kappa shape index (κ2) is 6.90. The van der Waals surface area contributed by atoms with Crippen molar-refractivity contribution in [1.29, 1.82) is 0 Å². The summed E-state index contributed by atoms with van der Waals surface area (Å²) in [6, 6.07) is 0.548. The van der Waals surface area contributed by atoms with Gasteiger partial charge in [0, 0.05) is 25.7 Å². The van der Waals surface area contributed by atoms with Crippen LogP contribution < -0.4 is 5.73 Å². The van der Waals surface area contributed by atoms with Crippen LogP contribution in [-0.4, -0.2) is 54.5 Å². The van der Waals surface area contributed by atoms with Gasteiger partial charge in [0.05, 0.1) is 5.41 Å². The van der Waals surface area contributed by atoms with E-state index in [-0.39, 0.29) is 5.41 Å². The molecule has 1 saturated heterocycles. The molecule has 0 aromatic carbocycles. The maximum Gasteiger partial charge on any atom is 0.230 e. The molecule has 1 amide bonds. The van der Waals surface area contributed by atoms with Gasteiger partial charge in [-0.15, -0.1) is 0 Å². The molecule has 2 fully saturated rings. The summed E-state index contributed by atoms with van der Waals surface area (Å²) in [7, 11) is 0. The Labute approximate surface area is 123 Å². The zero-order valence-electron chi connectivity index (χ0n) is 13.2. The van der Waals surface area contributed by atoms with Gasteiger partial charge in [0.25, 0.3) is 0 Å². The fourth-order valence-electron chi connectivity index (χ4n) is 4.03. The first-order valence-corrected chi connectivity index (χ1v) is 8.40. The highest BCUT2D eigenvalue weighted by Crippen LogP contribution is 2.38. The summed E-state index contributed by atoms with van der Waals surface area (Å²) in [5.41, 5.74) is 5.76. The summed E-state index contributed by atoms with van der Waals surface area (Å²) in [5.74, 6) is 0.342. The maximum atomic E-state index is 12.9. The fraction of sp³-hybridized carbons (Fsp3) is 0.938. The number of nitrogens with zero attached hydrogens (tertiary/aromatic N) is 2. The Balaban J connectivity index is 1.99. The molecule has 20 heavy (non-hydrogen) atoms. The van der Waals surface area contributed by atoms with Crippen molar-refractivity contribution in [2.24, 2.45) is 11.1 Å². The smallest absolute Gasteiger partial charge is 0.230 e. The van der Waals surface area contributed by atoms with E-state index in [2.05, 4.69) is 23.6 Å². The van der Waals surface area contributed by atoms with E-state index in [0.717, 1.165) is 58.3 Å². The molecule has 0 aromatic heterocycles. The highest BCUT2D eigenvalue weighted by molar-refractivity contribution is 5.83. The summed E-state index contributed by atoms with van der Waals surface area (Å²) < 4.78 is 0. The van der Waals surface area contributed by atoms with Crippen LogP contribution in [0.25, 0.3) is 0 Å². The monoisotopic (exact) mass is 281 g/mol. The van der Waals surface area contributed by atoms with Crippen LogP contribution in [0.2, 0.25) is 0 Å². The predicted octanol–water partition coefficient (Wildman–Crippen LogP) is 1.84. The lowest BCUT2D eigenvalue weighted by Gasteiger charge is -2.38. The molecule has 2 rings (SSSR count). The van der Waals surface area contributed by atoms with Crippen molar-refractivity contribution >= 4 is 5.91 Å². The van der Waals surface area contributed by atoms with E-state index in [0.29, 0.717) is 18.5 Å². The molecule has 0 aromatic rings. The molecule has 1 aliphatic carbocycles. The van der Waals surface area contributed by atoms with E-state index in [1.54, 1.807) is 0 Å². The van der Waals surface area contributed by atoms with Gasteiger partial charge in [-0.2, -0.15) is 0 Å². The van der Waals surface area contributed by atoms with Crippen LogP contribution >= 0.6 is 0 Å². The van der Waals surface area contributed by atoms with Crippen molar-refractivity contribution in [3.05, 3.63) is 0 Å². The number of rotatable bonds is 5. The van der Waals surface area contributed by atoms with Gasteiger partial charge >= 0.3 is 0 Å². The average molecular weight is 281 g/mol. The van der Waals surface area contributed by atoms with Crippen LogP contribution in [0.1, 0.15) is 52.4 Å². The van der Waals surface area contributed by atoms with E-state index < -0.39 is 0 Å². The Hall–Kier alpha value is -0.610. The average Bonchev–Trinajstić information content (AvgIpc) is 2.98. The third-order valence-electron chi connectivity index (χ3n) is 5.43. The van der Waals surface area contributed by atoms with Gasteiger partial charge in [-0.25, -0.2) is 0 Å². The quantitative estimate of drug-likeness (QED) is 0.836. The molecule has 1 aliphatic heterocycles. The van der Waals surface area contributed by atoms with Gasteiger partial charge < -0.3 is 10.6 Å². The highest BCUT2D eigenvalue weighted by atomic mass is 16.2. The molecule has 1 atom stereocenters. The number of nitrogens with two attached hydrogens (primary N) is 1. The van der Waals surface area contributed by atoms with Crippen LogP contribution in [0.5, 0.6) is 0 Å². The Morgan fingerprint density at radius 2 is 1.90 bits per heavy atom. The number of likely N-dealkylation sites (tertiary alicyclic amines) is 1. The van der Waals surface area contributed by atoms with E-state index in [1.165, 1.54) is 6.42 Å². The molecule has 2 N–H and O–H groups in total. The first-order valence-electron chi connectivity index (χ1n) is 8.40. The Morgan fingerprint density at radius 3 is 2.45 bits per heavy atom. The Kier molecular flexibility index (Phi) is 5.44. The molecule has 1 unspecified atom stereocenters. The number of likely N-dealkylation sites (N-methyl/N-ethyl adjacent to an activating group) is 1. The van der Waals surface area contributed by atoms with Crippen LogP contribution in [0, 0.1) is 5.41 Å². The molecule has 0 spiro atoms. The molecular weight excluding hydrogens is 250 g/mol. The zero-order valence-corrected chi connectivity index (χ0v) is 13.2. The second-order valence-electron chi connectivity index (χ2n) is 6.46. The van der Waals surface area contributed by atoms with Crippen molar-refractivity contribution in [3.8, 4) is 0 Å². The first-order chi connectivity index (χ1) is 9.66. The van der Waals surface area contributed by atoms with Crippen LogP contribution in [-0.2, 0) is 4.79 Å². The molecule has 4 heteroatoms. The van der Waals surface area contributed by atoms with Crippen LogP contribution in [0.15, 0.2) is 0 Å². The van der Waals surface area contributed by atoms with Crippen molar-refractivity contribution in [2.75, 3.05) is 32.7 Å². The van der Waals surface area contributed by atoms with Gasteiger partial charge in [-0.05, 0) is 32.4 Å².